The van der Waals surface area contributed by atoms with E-state index in [0.29, 0.717) is 18.0 Å². The second kappa shape index (κ2) is 7.67. The minimum atomic E-state index is 0.255. The average Bonchev–Trinajstić information content (AvgIpc) is 2.84. The van der Waals surface area contributed by atoms with Gasteiger partial charge in [0, 0.05) is 32.5 Å². The van der Waals surface area contributed by atoms with Crippen LogP contribution >= 0.6 is 11.6 Å². The zero-order valence-corrected chi connectivity index (χ0v) is 13.0. The number of nitrogens with zero attached hydrogens (tertiary/aromatic N) is 3. The number of carbonyl (C=O) groups excluding carboxylic acids is 1. The lowest BCUT2D eigenvalue weighted by molar-refractivity contribution is -0.132. The second-order valence-corrected chi connectivity index (χ2v) is 5.83. The number of unbranched alkanes of at least 4 members (excludes halogenated alkanes) is 1. The van der Waals surface area contributed by atoms with Crippen molar-refractivity contribution in [3.8, 4) is 0 Å². The average molecular weight is 298 g/mol. The van der Waals surface area contributed by atoms with Crippen molar-refractivity contribution in [3.05, 3.63) is 17.2 Å². The zero-order valence-electron chi connectivity index (χ0n) is 12.3. The Labute approximate surface area is 126 Å². The van der Waals surface area contributed by atoms with Crippen molar-refractivity contribution in [1.82, 2.24) is 14.5 Å². The largest absolute Gasteiger partial charge is 0.343 e. The second-order valence-electron chi connectivity index (χ2n) is 5.44. The van der Waals surface area contributed by atoms with Crippen LogP contribution in [0.3, 0.4) is 0 Å². The number of hydrogen-bond acceptors (Lipinski definition) is 2. The van der Waals surface area contributed by atoms with E-state index in [1.165, 1.54) is 6.42 Å². The Hall–Kier alpha value is -1.03. The molecule has 5 heteroatoms. The Morgan fingerprint density at radius 1 is 1.35 bits per heavy atom. The molecule has 0 unspecified atom stereocenters. The van der Waals surface area contributed by atoms with Crippen molar-refractivity contribution in [2.45, 2.75) is 58.4 Å². The van der Waals surface area contributed by atoms with Crippen LogP contribution in [0.4, 0.5) is 0 Å². The summed E-state index contributed by atoms with van der Waals surface area (Å²) in [7, 11) is 0. The van der Waals surface area contributed by atoms with Gasteiger partial charge in [-0.3, -0.25) is 4.79 Å². The number of aryl methyl sites for hydroxylation is 1. The lowest BCUT2D eigenvalue weighted by Crippen LogP contribution is -2.35. The summed E-state index contributed by atoms with van der Waals surface area (Å²) in [5.41, 5.74) is 0. The quantitative estimate of drug-likeness (QED) is 0.808. The molecule has 0 spiro atoms. The van der Waals surface area contributed by atoms with Crippen molar-refractivity contribution < 1.29 is 4.79 Å². The van der Waals surface area contributed by atoms with E-state index in [1.807, 2.05) is 9.47 Å². The maximum absolute atomic E-state index is 12.2. The SMILES string of the molecule is CCCCn1c(Cl)cnc1CCC(=O)N1CCCCC1. The summed E-state index contributed by atoms with van der Waals surface area (Å²) >= 11 is 6.15. The molecule has 0 N–H and O–H groups in total. The van der Waals surface area contributed by atoms with Crippen LogP contribution in [0.25, 0.3) is 0 Å². The number of carbonyl (C=O) groups is 1. The summed E-state index contributed by atoms with van der Waals surface area (Å²) in [6.07, 6.45) is 8.67. The lowest BCUT2D eigenvalue weighted by atomic mass is 10.1. The molecule has 1 aliphatic heterocycles. The van der Waals surface area contributed by atoms with Gasteiger partial charge in [0.25, 0.3) is 0 Å². The van der Waals surface area contributed by atoms with E-state index in [9.17, 15) is 4.79 Å². The molecule has 0 saturated carbocycles. The smallest absolute Gasteiger partial charge is 0.223 e. The fraction of sp³-hybridized carbons (Fsp3) is 0.733. The molecule has 0 aliphatic carbocycles. The minimum Gasteiger partial charge on any atom is -0.343 e. The summed E-state index contributed by atoms with van der Waals surface area (Å²) in [5.74, 6) is 1.19. The van der Waals surface area contributed by atoms with Crippen LogP contribution in [-0.2, 0) is 17.8 Å². The summed E-state index contributed by atoms with van der Waals surface area (Å²) in [6, 6.07) is 0. The molecule has 1 amide bonds. The van der Waals surface area contributed by atoms with Gasteiger partial charge in [0.05, 0.1) is 6.20 Å². The van der Waals surface area contributed by atoms with Gasteiger partial charge in [-0.2, -0.15) is 0 Å². The highest BCUT2D eigenvalue weighted by Gasteiger charge is 2.17. The number of likely N-dealkylation sites (tertiary alicyclic amines) is 1. The van der Waals surface area contributed by atoms with Gasteiger partial charge < -0.3 is 9.47 Å². The topological polar surface area (TPSA) is 38.1 Å². The van der Waals surface area contributed by atoms with Crippen molar-refractivity contribution in [1.29, 1.82) is 0 Å². The fourth-order valence-corrected chi connectivity index (χ4v) is 2.89. The van der Waals surface area contributed by atoms with Crippen molar-refractivity contribution in [2.24, 2.45) is 0 Å². The van der Waals surface area contributed by atoms with Gasteiger partial charge in [0.15, 0.2) is 0 Å². The maximum atomic E-state index is 12.2. The molecule has 1 aromatic rings. The number of amides is 1. The predicted octanol–water partition coefficient (Wildman–Crippen LogP) is 3.28. The number of halogens is 1. The van der Waals surface area contributed by atoms with Crippen LogP contribution in [0.5, 0.6) is 0 Å². The Morgan fingerprint density at radius 2 is 2.10 bits per heavy atom. The van der Waals surface area contributed by atoms with Crippen molar-refractivity contribution in [2.75, 3.05) is 13.1 Å². The first kappa shape index (κ1) is 15.4. The molecule has 4 nitrogen and oxygen atoms in total. The highest BCUT2D eigenvalue weighted by molar-refractivity contribution is 6.29. The standard InChI is InChI=1S/C15H24ClN3O/c1-2-3-11-19-13(16)12-17-14(19)7-8-15(20)18-9-5-4-6-10-18/h12H,2-11H2,1H3. The maximum Gasteiger partial charge on any atom is 0.223 e. The van der Waals surface area contributed by atoms with E-state index >= 15 is 0 Å². The molecule has 0 bridgehead atoms. The van der Waals surface area contributed by atoms with Gasteiger partial charge >= 0.3 is 0 Å². The Bertz CT molecular complexity index is 438. The molecule has 1 aromatic heterocycles. The van der Waals surface area contributed by atoms with Crippen LogP contribution in [0.1, 0.15) is 51.3 Å². The van der Waals surface area contributed by atoms with Gasteiger partial charge in [0.2, 0.25) is 5.91 Å². The number of hydrogen-bond donors (Lipinski definition) is 0. The minimum absolute atomic E-state index is 0.255. The molecule has 1 aliphatic rings. The van der Waals surface area contributed by atoms with E-state index in [0.717, 1.165) is 51.1 Å². The first-order valence-electron chi connectivity index (χ1n) is 7.70. The van der Waals surface area contributed by atoms with Crippen molar-refractivity contribution in [3.63, 3.8) is 0 Å². The summed E-state index contributed by atoms with van der Waals surface area (Å²) in [5, 5.41) is 0.680. The van der Waals surface area contributed by atoms with Gasteiger partial charge in [-0.15, -0.1) is 0 Å². The van der Waals surface area contributed by atoms with E-state index in [2.05, 4.69) is 11.9 Å². The Kier molecular flexibility index (Phi) is 5.89. The first-order chi connectivity index (χ1) is 9.72. The molecule has 0 radical (unpaired) electrons. The van der Waals surface area contributed by atoms with E-state index < -0.39 is 0 Å². The molecule has 0 atom stereocenters. The predicted molar refractivity (Wildman–Crippen MR) is 80.9 cm³/mol. The van der Waals surface area contributed by atoms with E-state index in [-0.39, 0.29) is 5.91 Å². The van der Waals surface area contributed by atoms with E-state index in [4.69, 9.17) is 11.6 Å². The summed E-state index contributed by atoms with van der Waals surface area (Å²) < 4.78 is 2.04. The van der Waals surface area contributed by atoms with Crippen molar-refractivity contribution >= 4 is 17.5 Å². The Balaban J connectivity index is 1.88. The first-order valence-corrected chi connectivity index (χ1v) is 8.08. The normalized spacial score (nSPS) is 15.6. The molecule has 1 saturated heterocycles. The van der Waals surface area contributed by atoms with Gasteiger partial charge in [-0.1, -0.05) is 24.9 Å². The van der Waals surface area contributed by atoms with Gasteiger partial charge in [-0.05, 0) is 25.7 Å². The van der Waals surface area contributed by atoms with E-state index in [1.54, 1.807) is 6.20 Å². The van der Waals surface area contributed by atoms with Gasteiger partial charge in [0.1, 0.15) is 11.0 Å². The number of piperidine rings is 1. The van der Waals surface area contributed by atoms with Gasteiger partial charge in [-0.25, -0.2) is 4.98 Å². The highest BCUT2D eigenvalue weighted by Crippen LogP contribution is 2.16. The number of rotatable bonds is 6. The molecule has 0 aromatic carbocycles. The molecular weight excluding hydrogens is 274 g/mol. The molecule has 112 valence electrons. The van der Waals surface area contributed by atoms with Crippen LogP contribution < -0.4 is 0 Å². The van der Waals surface area contributed by atoms with Crippen LogP contribution in [0.15, 0.2) is 6.20 Å². The molecule has 1 fully saturated rings. The molecular formula is C15H24ClN3O. The third-order valence-electron chi connectivity index (χ3n) is 3.90. The highest BCUT2D eigenvalue weighted by atomic mass is 35.5. The summed E-state index contributed by atoms with van der Waals surface area (Å²) in [6.45, 7) is 4.89. The fourth-order valence-electron chi connectivity index (χ4n) is 2.66. The number of aromatic nitrogens is 2. The number of imidazole rings is 1. The van der Waals surface area contributed by atoms with Crippen LogP contribution in [0.2, 0.25) is 5.15 Å². The Morgan fingerprint density at radius 3 is 2.80 bits per heavy atom. The summed E-state index contributed by atoms with van der Waals surface area (Å²) in [4.78, 5) is 18.5. The van der Waals surface area contributed by atoms with Crippen LogP contribution in [-0.4, -0.2) is 33.4 Å². The third kappa shape index (κ3) is 3.98. The van der Waals surface area contributed by atoms with Crippen LogP contribution in [0, 0.1) is 0 Å². The molecule has 20 heavy (non-hydrogen) atoms. The molecule has 2 rings (SSSR count). The monoisotopic (exact) mass is 297 g/mol. The third-order valence-corrected chi connectivity index (χ3v) is 4.20. The molecule has 2 heterocycles. The zero-order chi connectivity index (χ0) is 14.4. The lowest BCUT2D eigenvalue weighted by Gasteiger charge is -2.26.